The molecule has 0 aliphatic rings. The molecule has 1 aromatic heterocycles. The molecule has 1 amide bonds. The second-order valence-corrected chi connectivity index (χ2v) is 6.39. The highest BCUT2D eigenvalue weighted by Gasteiger charge is 2.14. The minimum absolute atomic E-state index is 0.0928. The van der Waals surface area contributed by atoms with E-state index in [1.165, 1.54) is 16.0 Å². The zero-order valence-electron chi connectivity index (χ0n) is 12.1. The number of aryl methyl sites for hydroxylation is 2. The molecule has 3 nitrogen and oxygen atoms in total. The summed E-state index contributed by atoms with van der Waals surface area (Å²) < 4.78 is 0. The van der Waals surface area contributed by atoms with E-state index in [-0.39, 0.29) is 12.1 Å². The monoisotopic (exact) mass is 288 g/mol. The average Bonchev–Trinajstić information content (AvgIpc) is 2.72. The summed E-state index contributed by atoms with van der Waals surface area (Å²) in [7, 11) is 0. The average molecular weight is 288 g/mol. The van der Waals surface area contributed by atoms with Crippen molar-refractivity contribution in [3.05, 3.63) is 56.8 Å². The Morgan fingerprint density at radius 3 is 2.70 bits per heavy atom. The molecule has 0 radical (unpaired) electrons. The van der Waals surface area contributed by atoms with E-state index in [4.69, 9.17) is 5.73 Å². The van der Waals surface area contributed by atoms with E-state index < -0.39 is 0 Å². The van der Waals surface area contributed by atoms with Crippen LogP contribution in [-0.2, 0) is 6.42 Å². The molecule has 1 unspecified atom stereocenters. The molecule has 0 saturated carbocycles. The normalized spacial score (nSPS) is 12.2. The van der Waals surface area contributed by atoms with Gasteiger partial charge in [-0.1, -0.05) is 24.3 Å². The summed E-state index contributed by atoms with van der Waals surface area (Å²) in [6, 6.07) is 10.3. The lowest BCUT2D eigenvalue weighted by atomic mass is 10.0. The minimum atomic E-state index is -0.332. The topological polar surface area (TPSA) is 55.1 Å². The van der Waals surface area contributed by atoms with Crippen LogP contribution < -0.4 is 11.1 Å². The van der Waals surface area contributed by atoms with Crippen molar-refractivity contribution in [2.45, 2.75) is 33.4 Å². The van der Waals surface area contributed by atoms with Gasteiger partial charge >= 0.3 is 0 Å². The highest BCUT2D eigenvalue weighted by molar-refractivity contribution is 7.12. The van der Waals surface area contributed by atoms with Crippen molar-refractivity contribution in [1.82, 2.24) is 5.32 Å². The number of hydrogen-bond donors (Lipinski definition) is 2. The van der Waals surface area contributed by atoms with Gasteiger partial charge in [-0.3, -0.25) is 4.79 Å². The van der Waals surface area contributed by atoms with Gasteiger partial charge in [-0.25, -0.2) is 0 Å². The summed E-state index contributed by atoms with van der Waals surface area (Å²) in [4.78, 5) is 14.3. The maximum Gasteiger partial charge on any atom is 0.253 e. The molecule has 2 rings (SSSR count). The Bertz CT molecular complexity index is 617. The molecule has 0 aliphatic heterocycles. The van der Waals surface area contributed by atoms with Gasteiger partial charge in [0.15, 0.2) is 0 Å². The summed E-state index contributed by atoms with van der Waals surface area (Å²) in [5.74, 6) is -0.0928. The fraction of sp³-hybridized carbons (Fsp3) is 0.312. The summed E-state index contributed by atoms with van der Waals surface area (Å²) in [5, 5.41) is 2.73. The van der Waals surface area contributed by atoms with E-state index >= 15 is 0 Å². The van der Waals surface area contributed by atoms with E-state index in [0.29, 0.717) is 0 Å². The zero-order valence-corrected chi connectivity index (χ0v) is 12.9. The Morgan fingerprint density at radius 1 is 1.35 bits per heavy atom. The Balaban J connectivity index is 2.19. The molecule has 20 heavy (non-hydrogen) atoms. The lowest BCUT2D eigenvalue weighted by Gasteiger charge is -2.07. The first-order chi connectivity index (χ1) is 9.47. The van der Waals surface area contributed by atoms with Crippen LogP contribution in [0.25, 0.3) is 0 Å². The van der Waals surface area contributed by atoms with E-state index in [9.17, 15) is 4.79 Å². The number of carbonyl (C=O) groups excluding carboxylic acids is 1. The molecule has 3 N–H and O–H groups in total. The van der Waals surface area contributed by atoms with Crippen molar-refractivity contribution < 1.29 is 4.79 Å². The van der Waals surface area contributed by atoms with Crippen molar-refractivity contribution in [1.29, 1.82) is 0 Å². The predicted octanol–water partition coefficient (Wildman–Crippen LogP) is 2.99. The molecule has 1 heterocycles. The first-order valence-electron chi connectivity index (χ1n) is 6.67. The summed E-state index contributed by atoms with van der Waals surface area (Å²) in [6.07, 6.45) is 0.533. The number of rotatable bonds is 4. The summed E-state index contributed by atoms with van der Waals surface area (Å²) in [5.41, 5.74) is 8.91. The molecule has 2 aromatic rings. The first kappa shape index (κ1) is 14.8. The van der Waals surface area contributed by atoms with Crippen molar-refractivity contribution in [2.75, 3.05) is 0 Å². The molecule has 1 atom stereocenters. The van der Waals surface area contributed by atoms with E-state index in [2.05, 4.69) is 24.4 Å². The smallest absolute Gasteiger partial charge is 0.253 e. The van der Waals surface area contributed by atoms with Gasteiger partial charge in [0.1, 0.15) is 0 Å². The third kappa shape index (κ3) is 3.46. The molecular formula is C16H20N2OS. The quantitative estimate of drug-likeness (QED) is 0.850. The Labute approximate surface area is 123 Å². The second kappa shape index (κ2) is 6.20. The Hall–Kier alpha value is -1.65. The minimum Gasteiger partial charge on any atom is -0.337 e. The fourth-order valence-corrected chi connectivity index (χ4v) is 3.20. The number of benzene rings is 1. The number of thiophene rings is 1. The largest absolute Gasteiger partial charge is 0.337 e. The standard InChI is InChI=1S/C16H20N2OS/c1-10-6-4-5-7-13(10)8-14-9-15(11(2)20-14)16(19)18-12(3)17/h4-7,9,12H,8,17H2,1-3H3,(H,18,19). The van der Waals surface area contributed by atoms with E-state index in [0.717, 1.165) is 16.9 Å². The van der Waals surface area contributed by atoms with Gasteiger partial charge in [0.25, 0.3) is 5.91 Å². The van der Waals surface area contributed by atoms with Gasteiger partial charge in [0.05, 0.1) is 11.7 Å². The van der Waals surface area contributed by atoms with Crippen LogP contribution in [-0.4, -0.2) is 12.1 Å². The number of carbonyl (C=O) groups is 1. The maximum absolute atomic E-state index is 12.0. The Kier molecular flexibility index (Phi) is 4.57. The number of nitrogens with two attached hydrogens (primary N) is 1. The van der Waals surface area contributed by atoms with Crippen LogP contribution in [0.1, 0.15) is 38.2 Å². The van der Waals surface area contributed by atoms with E-state index in [1.807, 2.05) is 25.1 Å². The molecule has 4 heteroatoms. The molecule has 0 bridgehead atoms. The Morgan fingerprint density at radius 2 is 2.05 bits per heavy atom. The zero-order chi connectivity index (χ0) is 14.7. The third-order valence-corrected chi connectivity index (χ3v) is 4.25. The van der Waals surface area contributed by atoms with Crippen molar-refractivity contribution in [2.24, 2.45) is 5.73 Å². The highest BCUT2D eigenvalue weighted by Crippen LogP contribution is 2.25. The summed E-state index contributed by atoms with van der Waals surface area (Å²) in [6.45, 7) is 5.84. The predicted molar refractivity (Wildman–Crippen MR) is 84.2 cm³/mol. The number of hydrogen-bond acceptors (Lipinski definition) is 3. The lowest BCUT2D eigenvalue weighted by molar-refractivity contribution is 0.0941. The third-order valence-electron chi connectivity index (χ3n) is 3.20. The number of amides is 1. The van der Waals surface area contributed by atoms with Crippen LogP contribution in [0.15, 0.2) is 30.3 Å². The second-order valence-electron chi connectivity index (χ2n) is 5.05. The van der Waals surface area contributed by atoms with Crippen LogP contribution in [0, 0.1) is 13.8 Å². The molecular weight excluding hydrogens is 268 g/mol. The molecule has 106 valence electrons. The molecule has 0 saturated heterocycles. The molecule has 1 aromatic carbocycles. The van der Waals surface area contributed by atoms with Crippen LogP contribution in [0.3, 0.4) is 0 Å². The maximum atomic E-state index is 12.0. The van der Waals surface area contributed by atoms with Gasteiger partial charge in [0, 0.05) is 16.2 Å². The van der Waals surface area contributed by atoms with Crippen molar-refractivity contribution in [3.8, 4) is 0 Å². The van der Waals surface area contributed by atoms with Crippen molar-refractivity contribution in [3.63, 3.8) is 0 Å². The first-order valence-corrected chi connectivity index (χ1v) is 7.49. The summed E-state index contributed by atoms with van der Waals surface area (Å²) >= 11 is 1.67. The molecule has 0 aliphatic carbocycles. The van der Waals surface area contributed by atoms with Gasteiger partial charge in [0.2, 0.25) is 0 Å². The van der Waals surface area contributed by atoms with Gasteiger partial charge in [-0.15, -0.1) is 11.3 Å². The van der Waals surface area contributed by atoms with Crippen LogP contribution in [0.2, 0.25) is 0 Å². The van der Waals surface area contributed by atoms with Crippen molar-refractivity contribution >= 4 is 17.2 Å². The van der Waals surface area contributed by atoms with Crippen LogP contribution >= 0.6 is 11.3 Å². The molecule has 0 spiro atoms. The van der Waals surface area contributed by atoms with Gasteiger partial charge in [-0.2, -0.15) is 0 Å². The van der Waals surface area contributed by atoms with Crippen LogP contribution in [0.5, 0.6) is 0 Å². The SMILES string of the molecule is Cc1ccccc1Cc1cc(C(=O)NC(C)N)c(C)s1. The molecule has 0 fully saturated rings. The van der Waals surface area contributed by atoms with E-state index in [1.54, 1.807) is 18.3 Å². The number of nitrogens with one attached hydrogen (secondary N) is 1. The fourth-order valence-electron chi connectivity index (χ4n) is 2.14. The van der Waals surface area contributed by atoms with Gasteiger partial charge < -0.3 is 11.1 Å². The highest BCUT2D eigenvalue weighted by atomic mass is 32.1. The van der Waals surface area contributed by atoms with Crippen LogP contribution in [0.4, 0.5) is 0 Å². The lowest BCUT2D eigenvalue weighted by Crippen LogP contribution is -2.38. The van der Waals surface area contributed by atoms with Gasteiger partial charge in [-0.05, 0) is 38.0 Å².